The highest BCUT2D eigenvalue weighted by Gasteiger charge is 2.17. The Morgan fingerprint density at radius 3 is 2.94 bits per heavy atom. The minimum Gasteiger partial charge on any atom is -0.377 e. The van der Waals surface area contributed by atoms with Gasteiger partial charge in [0.1, 0.15) is 0 Å². The first kappa shape index (κ1) is 13.6. The van der Waals surface area contributed by atoms with Crippen LogP contribution in [0.3, 0.4) is 0 Å². The SMILES string of the molecule is CC(=O)c1ccc(N2CCCOC(C)C2)c(Br)c1. The van der Waals surface area contributed by atoms with Crippen LogP contribution in [0.25, 0.3) is 0 Å². The van der Waals surface area contributed by atoms with Crippen LogP contribution in [0.4, 0.5) is 5.69 Å². The van der Waals surface area contributed by atoms with E-state index in [0.29, 0.717) is 0 Å². The van der Waals surface area contributed by atoms with Gasteiger partial charge in [0.25, 0.3) is 0 Å². The van der Waals surface area contributed by atoms with Gasteiger partial charge in [0.2, 0.25) is 0 Å². The third-order valence-corrected chi connectivity index (χ3v) is 3.78. The molecular weight excluding hydrogens is 294 g/mol. The number of carbonyl (C=O) groups is 1. The summed E-state index contributed by atoms with van der Waals surface area (Å²) in [7, 11) is 0. The van der Waals surface area contributed by atoms with Gasteiger partial charge in [-0.25, -0.2) is 0 Å². The van der Waals surface area contributed by atoms with Gasteiger partial charge >= 0.3 is 0 Å². The summed E-state index contributed by atoms with van der Waals surface area (Å²) in [6, 6.07) is 5.80. The van der Waals surface area contributed by atoms with Crippen LogP contribution in [-0.2, 0) is 4.74 Å². The standard InChI is InChI=1S/C14H18BrNO2/c1-10-9-16(6-3-7-18-10)14-5-4-12(11(2)17)8-13(14)15/h4-5,8,10H,3,6-7,9H2,1-2H3. The lowest BCUT2D eigenvalue weighted by molar-refractivity contribution is 0.0820. The molecule has 1 aliphatic heterocycles. The van der Waals surface area contributed by atoms with Gasteiger partial charge in [0.05, 0.1) is 11.8 Å². The average Bonchev–Trinajstić information content (AvgIpc) is 2.53. The molecule has 0 N–H and O–H groups in total. The van der Waals surface area contributed by atoms with Crippen LogP contribution >= 0.6 is 15.9 Å². The van der Waals surface area contributed by atoms with E-state index in [2.05, 4.69) is 27.8 Å². The number of halogens is 1. The molecule has 18 heavy (non-hydrogen) atoms. The monoisotopic (exact) mass is 311 g/mol. The van der Waals surface area contributed by atoms with E-state index in [4.69, 9.17) is 4.74 Å². The zero-order valence-electron chi connectivity index (χ0n) is 10.8. The van der Waals surface area contributed by atoms with Gasteiger partial charge in [-0.05, 0) is 54.4 Å². The summed E-state index contributed by atoms with van der Waals surface area (Å²) in [6.45, 7) is 6.38. The quantitative estimate of drug-likeness (QED) is 0.785. The minimum atomic E-state index is 0.0924. The van der Waals surface area contributed by atoms with E-state index in [1.54, 1.807) is 6.92 Å². The van der Waals surface area contributed by atoms with Gasteiger partial charge in [-0.1, -0.05) is 0 Å². The predicted octanol–water partition coefficient (Wildman–Crippen LogP) is 3.27. The molecule has 1 fully saturated rings. The summed E-state index contributed by atoms with van der Waals surface area (Å²) in [5.41, 5.74) is 1.88. The summed E-state index contributed by atoms with van der Waals surface area (Å²) in [4.78, 5) is 13.6. The van der Waals surface area contributed by atoms with E-state index in [0.717, 1.165) is 41.8 Å². The Bertz CT molecular complexity index is 447. The first-order valence-corrected chi connectivity index (χ1v) is 7.04. The predicted molar refractivity (Wildman–Crippen MR) is 76.4 cm³/mol. The van der Waals surface area contributed by atoms with Crippen LogP contribution in [0.15, 0.2) is 22.7 Å². The first-order chi connectivity index (χ1) is 8.58. The molecule has 1 aromatic carbocycles. The van der Waals surface area contributed by atoms with Gasteiger partial charge in [-0.2, -0.15) is 0 Å². The fourth-order valence-electron chi connectivity index (χ4n) is 2.20. The molecule has 4 heteroatoms. The van der Waals surface area contributed by atoms with Crippen LogP contribution in [0.2, 0.25) is 0 Å². The molecule has 1 aliphatic rings. The number of carbonyl (C=O) groups excluding carboxylic acids is 1. The molecule has 1 unspecified atom stereocenters. The molecule has 1 aromatic rings. The second-order valence-corrected chi connectivity index (χ2v) is 5.56. The normalized spacial score (nSPS) is 20.6. The molecule has 3 nitrogen and oxygen atoms in total. The smallest absolute Gasteiger partial charge is 0.159 e. The summed E-state index contributed by atoms with van der Waals surface area (Å²) in [5, 5.41) is 0. The number of ether oxygens (including phenoxy) is 1. The maximum absolute atomic E-state index is 11.3. The highest BCUT2D eigenvalue weighted by molar-refractivity contribution is 9.10. The van der Waals surface area contributed by atoms with Gasteiger partial charge in [0, 0.05) is 29.7 Å². The minimum absolute atomic E-state index is 0.0924. The second-order valence-electron chi connectivity index (χ2n) is 4.70. The van der Waals surface area contributed by atoms with Crippen molar-refractivity contribution in [1.82, 2.24) is 0 Å². The van der Waals surface area contributed by atoms with Crippen molar-refractivity contribution >= 4 is 27.4 Å². The van der Waals surface area contributed by atoms with Crippen molar-refractivity contribution < 1.29 is 9.53 Å². The van der Waals surface area contributed by atoms with Crippen molar-refractivity contribution in [3.05, 3.63) is 28.2 Å². The number of nitrogens with zero attached hydrogens (tertiary/aromatic N) is 1. The van der Waals surface area contributed by atoms with Crippen LogP contribution < -0.4 is 4.90 Å². The molecule has 2 rings (SSSR count). The van der Waals surface area contributed by atoms with Crippen LogP contribution in [0.1, 0.15) is 30.6 Å². The number of Topliss-reactive ketones (excluding diaryl/α,β-unsaturated/α-hetero) is 1. The number of hydrogen-bond acceptors (Lipinski definition) is 3. The van der Waals surface area contributed by atoms with E-state index in [9.17, 15) is 4.79 Å². The number of hydrogen-bond donors (Lipinski definition) is 0. The van der Waals surface area contributed by atoms with E-state index >= 15 is 0 Å². The number of anilines is 1. The van der Waals surface area contributed by atoms with Gasteiger partial charge < -0.3 is 9.64 Å². The fraction of sp³-hybridized carbons (Fsp3) is 0.500. The third kappa shape index (κ3) is 3.12. The Balaban J connectivity index is 2.24. The van der Waals surface area contributed by atoms with Crippen molar-refractivity contribution in [2.45, 2.75) is 26.4 Å². The Morgan fingerprint density at radius 2 is 2.28 bits per heavy atom. The van der Waals surface area contributed by atoms with Gasteiger partial charge in [0.15, 0.2) is 5.78 Å². The molecule has 1 saturated heterocycles. The van der Waals surface area contributed by atoms with Crippen molar-refractivity contribution in [3.8, 4) is 0 Å². The van der Waals surface area contributed by atoms with E-state index < -0.39 is 0 Å². The maximum Gasteiger partial charge on any atom is 0.159 e. The first-order valence-electron chi connectivity index (χ1n) is 6.25. The molecule has 0 amide bonds. The lowest BCUT2D eigenvalue weighted by atomic mass is 10.1. The lowest BCUT2D eigenvalue weighted by Gasteiger charge is -2.25. The third-order valence-electron chi connectivity index (χ3n) is 3.15. The topological polar surface area (TPSA) is 29.5 Å². The van der Waals surface area contributed by atoms with Crippen LogP contribution in [0.5, 0.6) is 0 Å². The Hall–Kier alpha value is -0.870. The lowest BCUT2D eigenvalue weighted by Crippen LogP contribution is -2.30. The molecule has 0 saturated carbocycles. The van der Waals surface area contributed by atoms with Crippen molar-refractivity contribution in [3.63, 3.8) is 0 Å². The molecular formula is C14H18BrNO2. The van der Waals surface area contributed by atoms with Gasteiger partial charge in [-0.15, -0.1) is 0 Å². The Kier molecular flexibility index (Phi) is 4.40. The van der Waals surface area contributed by atoms with Crippen molar-refractivity contribution in [2.75, 3.05) is 24.6 Å². The molecule has 0 bridgehead atoms. The number of benzene rings is 1. The van der Waals surface area contributed by atoms with E-state index in [1.165, 1.54) is 0 Å². The molecule has 0 spiro atoms. The van der Waals surface area contributed by atoms with Crippen LogP contribution in [-0.4, -0.2) is 31.6 Å². The van der Waals surface area contributed by atoms with Crippen LogP contribution in [0, 0.1) is 0 Å². The Morgan fingerprint density at radius 1 is 1.50 bits per heavy atom. The molecule has 0 radical (unpaired) electrons. The number of ketones is 1. The van der Waals surface area contributed by atoms with E-state index in [1.807, 2.05) is 18.2 Å². The largest absolute Gasteiger partial charge is 0.377 e. The van der Waals surface area contributed by atoms with Gasteiger partial charge in [-0.3, -0.25) is 4.79 Å². The summed E-state index contributed by atoms with van der Waals surface area (Å²) in [6.07, 6.45) is 1.28. The van der Waals surface area contributed by atoms with Crippen molar-refractivity contribution in [1.29, 1.82) is 0 Å². The summed E-state index contributed by atoms with van der Waals surface area (Å²) in [5.74, 6) is 0.0924. The molecule has 1 atom stereocenters. The highest BCUT2D eigenvalue weighted by Crippen LogP contribution is 2.28. The molecule has 0 aromatic heterocycles. The highest BCUT2D eigenvalue weighted by atomic mass is 79.9. The second kappa shape index (κ2) is 5.85. The summed E-state index contributed by atoms with van der Waals surface area (Å²) >= 11 is 3.56. The van der Waals surface area contributed by atoms with Crippen molar-refractivity contribution in [2.24, 2.45) is 0 Å². The Labute approximate surface area is 116 Å². The molecule has 1 heterocycles. The average molecular weight is 312 g/mol. The molecule has 0 aliphatic carbocycles. The maximum atomic E-state index is 11.3. The zero-order chi connectivity index (χ0) is 13.1. The fourth-order valence-corrected chi connectivity index (χ4v) is 2.82. The molecule has 98 valence electrons. The van der Waals surface area contributed by atoms with E-state index in [-0.39, 0.29) is 11.9 Å². The number of rotatable bonds is 2. The summed E-state index contributed by atoms with van der Waals surface area (Å²) < 4.78 is 6.62. The zero-order valence-corrected chi connectivity index (χ0v) is 12.4.